The third-order valence-corrected chi connectivity index (χ3v) is 4.08. The van der Waals surface area contributed by atoms with Gasteiger partial charge in [-0.05, 0) is 6.42 Å². The van der Waals surface area contributed by atoms with Crippen molar-refractivity contribution < 1.29 is 14.7 Å². The number of hydrogen-bond acceptors (Lipinski definition) is 4. The summed E-state index contributed by atoms with van der Waals surface area (Å²) in [5, 5.41) is 16.0. The van der Waals surface area contributed by atoms with Crippen LogP contribution in [0.4, 0.5) is 0 Å². The standard InChI is InChI=1S/C11H16ClN3O3S/c1-3-7-10(12)9(15(2)14-7)5-19-4-8(11(17)18)13-6-16/h6,8H,3-5H2,1-2H3,(H,13,16)(H,17,18). The van der Waals surface area contributed by atoms with Crippen LogP contribution in [0.15, 0.2) is 0 Å². The second kappa shape index (κ2) is 7.40. The van der Waals surface area contributed by atoms with Crippen LogP contribution >= 0.6 is 23.4 Å². The molecule has 0 spiro atoms. The zero-order chi connectivity index (χ0) is 14.4. The summed E-state index contributed by atoms with van der Waals surface area (Å²) < 4.78 is 1.71. The summed E-state index contributed by atoms with van der Waals surface area (Å²) in [7, 11) is 1.80. The van der Waals surface area contributed by atoms with Gasteiger partial charge in [0.1, 0.15) is 6.04 Å². The first kappa shape index (κ1) is 15.8. The number of carbonyl (C=O) groups excluding carboxylic acids is 1. The highest BCUT2D eigenvalue weighted by Gasteiger charge is 2.18. The quantitative estimate of drug-likeness (QED) is 0.702. The number of nitrogens with one attached hydrogen (secondary N) is 1. The monoisotopic (exact) mass is 305 g/mol. The first-order valence-electron chi connectivity index (χ1n) is 5.71. The highest BCUT2D eigenvalue weighted by Crippen LogP contribution is 2.25. The molecule has 0 aliphatic carbocycles. The van der Waals surface area contributed by atoms with Gasteiger partial charge in [-0.2, -0.15) is 16.9 Å². The van der Waals surface area contributed by atoms with E-state index >= 15 is 0 Å². The third-order valence-electron chi connectivity index (χ3n) is 2.59. The minimum Gasteiger partial charge on any atom is -0.480 e. The average Bonchev–Trinajstić information content (AvgIpc) is 2.64. The maximum Gasteiger partial charge on any atom is 0.327 e. The summed E-state index contributed by atoms with van der Waals surface area (Å²) in [4.78, 5) is 21.1. The second-order valence-corrected chi connectivity index (χ2v) is 5.28. The predicted octanol–water partition coefficient (Wildman–Crippen LogP) is 1.07. The predicted molar refractivity (Wildman–Crippen MR) is 74.4 cm³/mol. The number of nitrogens with zero attached hydrogens (tertiary/aromatic N) is 2. The van der Waals surface area contributed by atoms with Crippen molar-refractivity contribution in [3.8, 4) is 0 Å². The van der Waals surface area contributed by atoms with E-state index in [0.717, 1.165) is 17.8 Å². The molecule has 1 amide bonds. The normalized spacial score (nSPS) is 12.2. The minimum absolute atomic E-state index is 0.275. The highest BCUT2D eigenvalue weighted by atomic mass is 35.5. The van der Waals surface area contributed by atoms with Crippen LogP contribution in [0.3, 0.4) is 0 Å². The van der Waals surface area contributed by atoms with Crippen LogP contribution in [0.2, 0.25) is 5.02 Å². The molecule has 6 nitrogen and oxygen atoms in total. The molecule has 1 aromatic rings. The van der Waals surface area contributed by atoms with Crippen LogP contribution in [0.1, 0.15) is 18.3 Å². The third kappa shape index (κ3) is 4.14. The van der Waals surface area contributed by atoms with Gasteiger partial charge in [0.25, 0.3) is 0 Å². The van der Waals surface area contributed by atoms with E-state index in [9.17, 15) is 9.59 Å². The Hall–Kier alpha value is -1.21. The second-order valence-electron chi connectivity index (χ2n) is 3.88. The number of aromatic nitrogens is 2. The van der Waals surface area contributed by atoms with Crippen LogP contribution in [0.25, 0.3) is 0 Å². The zero-order valence-electron chi connectivity index (χ0n) is 10.7. The smallest absolute Gasteiger partial charge is 0.327 e. The van der Waals surface area contributed by atoms with Crippen molar-refractivity contribution in [1.29, 1.82) is 0 Å². The maximum absolute atomic E-state index is 10.8. The van der Waals surface area contributed by atoms with Gasteiger partial charge in [-0.3, -0.25) is 9.48 Å². The van der Waals surface area contributed by atoms with Gasteiger partial charge in [-0.25, -0.2) is 4.79 Å². The maximum atomic E-state index is 10.8. The number of hydrogen-bond donors (Lipinski definition) is 2. The van der Waals surface area contributed by atoms with Crippen molar-refractivity contribution in [3.63, 3.8) is 0 Å². The molecule has 0 radical (unpaired) electrons. The van der Waals surface area contributed by atoms with Crippen LogP contribution in [0.5, 0.6) is 0 Å². The van der Waals surface area contributed by atoms with Gasteiger partial charge < -0.3 is 10.4 Å². The Morgan fingerprint density at radius 3 is 2.84 bits per heavy atom. The lowest BCUT2D eigenvalue weighted by atomic mass is 10.3. The number of carbonyl (C=O) groups is 2. The zero-order valence-corrected chi connectivity index (χ0v) is 12.3. The number of halogens is 1. The minimum atomic E-state index is -1.05. The molecule has 1 atom stereocenters. The van der Waals surface area contributed by atoms with Gasteiger partial charge in [0.15, 0.2) is 0 Å². The fraction of sp³-hybridized carbons (Fsp3) is 0.545. The summed E-state index contributed by atoms with van der Waals surface area (Å²) in [6.07, 6.45) is 1.15. The van der Waals surface area contributed by atoms with Gasteiger partial charge in [0, 0.05) is 18.6 Å². The largest absolute Gasteiger partial charge is 0.480 e. The molecule has 106 valence electrons. The molecule has 0 aliphatic rings. The Morgan fingerprint density at radius 1 is 1.68 bits per heavy atom. The molecule has 0 aliphatic heterocycles. The fourth-order valence-electron chi connectivity index (χ4n) is 1.52. The molecule has 1 unspecified atom stereocenters. The Balaban J connectivity index is 2.59. The number of carboxylic acid groups (broad SMARTS) is 1. The Morgan fingerprint density at radius 2 is 2.37 bits per heavy atom. The van der Waals surface area contributed by atoms with Gasteiger partial charge in [0.2, 0.25) is 6.41 Å². The van der Waals surface area contributed by atoms with Crippen molar-refractivity contribution in [1.82, 2.24) is 15.1 Å². The number of rotatable bonds is 8. The average molecular weight is 306 g/mol. The summed E-state index contributed by atoms with van der Waals surface area (Å²) in [5.74, 6) is -0.228. The van der Waals surface area contributed by atoms with E-state index in [-0.39, 0.29) is 5.75 Å². The van der Waals surface area contributed by atoms with Crippen molar-refractivity contribution in [3.05, 3.63) is 16.4 Å². The van der Waals surface area contributed by atoms with Gasteiger partial charge in [0.05, 0.1) is 16.4 Å². The van der Waals surface area contributed by atoms with Crippen molar-refractivity contribution in [2.75, 3.05) is 5.75 Å². The number of aryl methyl sites for hydroxylation is 2. The molecule has 0 fully saturated rings. The molecule has 8 heteroatoms. The summed E-state index contributed by atoms with van der Waals surface area (Å²) in [6, 6.07) is -0.889. The lowest BCUT2D eigenvalue weighted by Crippen LogP contribution is -2.37. The molecular weight excluding hydrogens is 290 g/mol. The van der Waals surface area contributed by atoms with E-state index in [1.165, 1.54) is 11.8 Å². The van der Waals surface area contributed by atoms with Crippen molar-refractivity contribution >= 4 is 35.7 Å². The molecule has 0 saturated carbocycles. The first-order valence-corrected chi connectivity index (χ1v) is 7.25. The number of amides is 1. The summed E-state index contributed by atoms with van der Waals surface area (Å²) in [6.45, 7) is 1.97. The number of thioether (sulfide) groups is 1. The Bertz CT molecular complexity index is 464. The molecular formula is C11H16ClN3O3S. The van der Waals surface area contributed by atoms with Crippen LogP contribution in [0, 0.1) is 0 Å². The summed E-state index contributed by atoms with van der Waals surface area (Å²) in [5.41, 5.74) is 1.69. The molecule has 1 aromatic heterocycles. The lowest BCUT2D eigenvalue weighted by Gasteiger charge is -2.10. The van der Waals surface area contributed by atoms with Crippen LogP contribution < -0.4 is 5.32 Å². The lowest BCUT2D eigenvalue weighted by molar-refractivity contribution is -0.139. The van der Waals surface area contributed by atoms with Crippen molar-refractivity contribution in [2.24, 2.45) is 7.05 Å². The van der Waals surface area contributed by atoms with Gasteiger partial charge in [-0.1, -0.05) is 18.5 Å². The van der Waals surface area contributed by atoms with Crippen LogP contribution in [-0.4, -0.2) is 39.1 Å². The summed E-state index contributed by atoms with van der Waals surface area (Å²) >= 11 is 7.57. The molecule has 1 rings (SSSR count). The van der Waals surface area contributed by atoms with E-state index in [1.54, 1.807) is 11.7 Å². The van der Waals surface area contributed by atoms with Gasteiger partial charge in [-0.15, -0.1) is 0 Å². The molecule has 1 heterocycles. The van der Waals surface area contributed by atoms with E-state index in [2.05, 4.69) is 10.4 Å². The Labute approximate surface area is 120 Å². The first-order chi connectivity index (χ1) is 9.01. The van der Waals surface area contributed by atoms with Crippen molar-refractivity contribution in [2.45, 2.75) is 25.1 Å². The van der Waals surface area contributed by atoms with E-state index in [0.29, 0.717) is 17.2 Å². The molecule has 0 bridgehead atoms. The van der Waals surface area contributed by atoms with E-state index in [1.807, 2.05) is 6.92 Å². The molecule has 0 saturated heterocycles. The van der Waals surface area contributed by atoms with E-state index in [4.69, 9.17) is 16.7 Å². The molecule has 0 aromatic carbocycles. The Kier molecular flexibility index (Phi) is 6.17. The van der Waals surface area contributed by atoms with Crippen LogP contribution in [-0.2, 0) is 28.8 Å². The SMILES string of the molecule is CCc1nn(C)c(CSCC(NC=O)C(=O)O)c1Cl. The van der Waals surface area contributed by atoms with Gasteiger partial charge >= 0.3 is 5.97 Å². The number of carboxylic acids is 1. The molecule has 2 N–H and O–H groups in total. The fourth-order valence-corrected chi connectivity index (χ4v) is 3.08. The van der Waals surface area contributed by atoms with E-state index < -0.39 is 12.0 Å². The highest BCUT2D eigenvalue weighted by molar-refractivity contribution is 7.98. The topological polar surface area (TPSA) is 84.2 Å². The number of aliphatic carboxylic acids is 1. The molecule has 19 heavy (non-hydrogen) atoms.